The molecule has 4 rings (SSSR count). The molecule has 9 nitrogen and oxygen atoms in total. The largest absolute Gasteiger partial charge is 0.358 e. The van der Waals surface area contributed by atoms with E-state index in [0.717, 1.165) is 5.56 Å². The summed E-state index contributed by atoms with van der Waals surface area (Å²) in [6.45, 7) is 2.52. The Kier molecular flexibility index (Phi) is 5.72. The van der Waals surface area contributed by atoms with E-state index in [1.54, 1.807) is 12.1 Å². The van der Waals surface area contributed by atoms with Crippen LogP contribution >= 0.6 is 0 Å². The molecule has 2 aromatic carbocycles. The zero-order chi connectivity index (χ0) is 23.1. The van der Waals surface area contributed by atoms with Crippen molar-refractivity contribution in [3.63, 3.8) is 0 Å². The smallest absolute Gasteiger partial charge is 0.261 e. The Labute approximate surface area is 186 Å². The number of rotatable bonds is 5. The van der Waals surface area contributed by atoms with Crippen molar-refractivity contribution in [1.29, 1.82) is 5.26 Å². The second kappa shape index (κ2) is 8.22. The van der Waals surface area contributed by atoms with E-state index < -0.39 is 20.0 Å². The number of sulfonamides is 2. The van der Waals surface area contributed by atoms with E-state index in [4.69, 9.17) is 5.73 Å². The fourth-order valence-electron chi connectivity index (χ4n) is 3.85. The summed E-state index contributed by atoms with van der Waals surface area (Å²) in [6.07, 6.45) is 2.71. The highest BCUT2D eigenvalue weighted by Crippen LogP contribution is 2.30. The summed E-state index contributed by atoms with van der Waals surface area (Å²) in [5, 5.41) is 9.93. The first kappa shape index (κ1) is 22.3. The van der Waals surface area contributed by atoms with Crippen LogP contribution in [0.4, 0.5) is 5.69 Å². The number of benzene rings is 2. The molecule has 0 atom stereocenters. The van der Waals surface area contributed by atoms with Gasteiger partial charge in [-0.05, 0) is 55.7 Å². The number of nitrogens with two attached hydrogens (primary N) is 1. The number of anilines is 1. The van der Waals surface area contributed by atoms with Crippen LogP contribution in [0.5, 0.6) is 0 Å². The number of aromatic nitrogens is 1. The highest BCUT2D eigenvalue weighted by Gasteiger charge is 2.28. The lowest BCUT2D eigenvalue weighted by Gasteiger charge is -2.29. The Morgan fingerprint density at radius 3 is 2.31 bits per heavy atom. The molecule has 0 unspecified atom stereocenters. The monoisotopic (exact) mass is 473 g/mol. The summed E-state index contributed by atoms with van der Waals surface area (Å²) in [6, 6.07) is 10.6. The van der Waals surface area contributed by atoms with Gasteiger partial charge in [0, 0.05) is 30.7 Å². The van der Waals surface area contributed by atoms with Crippen LogP contribution in [0, 0.1) is 18.3 Å². The van der Waals surface area contributed by atoms with E-state index in [9.17, 15) is 22.1 Å². The van der Waals surface area contributed by atoms with Crippen LogP contribution in [0.25, 0.3) is 10.9 Å². The molecular formula is C21H23N5O4S2. The third-order valence-electron chi connectivity index (χ3n) is 5.68. The van der Waals surface area contributed by atoms with Gasteiger partial charge in [0.05, 0.1) is 26.6 Å². The summed E-state index contributed by atoms with van der Waals surface area (Å²) in [5.41, 5.74) is 7.92. The number of piperidine rings is 1. The van der Waals surface area contributed by atoms with Crippen molar-refractivity contribution in [3.05, 3.63) is 53.7 Å². The number of nitriles is 1. The van der Waals surface area contributed by atoms with Gasteiger partial charge in [0.2, 0.25) is 10.0 Å². The molecular weight excluding hydrogens is 450 g/mol. The molecule has 168 valence electrons. The Morgan fingerprint density at radius 1 is 1.06 bits per heavy atom. The molecule has 1 saturated heterocycles. The van der Waals surface area contributed by atoms with Crippen LogP contribution in [-0.4, -0.2) is 45.3 Å². The lowest BCUT2D eigenvalue weighted by Crippen LogP contribution is -2.42. The molecule has 0 saturated carbocycles. The lowest BCUT2D eigenvalue weighted by atomic mass is 10.1. The Hall–Kier alpha value is -2.91. The van der Waals surface area contributed by atoms with Gasteiger partial charge in [-0.3, -0.25) is 4.72 Å². The number of aryl methyl sites for hydroxylation is 1. The summed E-state index contributed by atoms with van der Waals surface area (Å²) < 4.78 is 55.5. The highest BCUT2D eigenvalue weighted by atomic mass is 32.2. The van der Waals surface area contributed by atoms with Crippen LogP contribution in [0.1, 0.15) is 24.0 Å². The number of aromatic amines is 1. The molecule has 2 heterocycles. The number of fused-ring (bicyclic) bond motifs is 1. The molecule has 1 fully saturated rings. The number of hydrogen-bond donors (Lipinski definition) is 3. The van der Waals surface area contributed by atoms with E-state index in [1.807, 2.05) is 6.92 Å². The Morgan fingerprint density at radius 2 is 1.69 bits per heavy atom. The third-order valence-corrected chi connectivity index (χ3v) is 8.97. The molecule has 11 heteroatoms. The van der Waals surface area contributed by atoms with Crippen molar-refractivity contribution >= 4 is 36.6 Å². The number of nitrogens with one attached hydrogen (secondary N) is 2. The first-order valence-electron chi connectivity index (χ1n) is 10.0. The van der Waals surface area contributed by atoms with Crippen molar-refractivity contribution in [2.75, 3.05) is 17.8 Å². The summed E-state index contributed by atoms with van der Waals surface area (Å²) in [7, 11) is -7.70. The predicted octanol–water partition coefficient (Wildman–Crippen LogP) is 2.26. The van der Waals surface area contributed by atoms with Gasteiger partial charge < -0.3 is 10.7 Å². The van der Waals surface area contributed by atoms with Crippen LogP contribution in [0.15, 0.2) is 52.4 Å². The van der Waals surface area contributed by atoms with Gasteiger partial charge in [-0.15, -0.1) is 0 Å². The van der Waals surface area contributed by atoms with Crippen molar-refractivity contribution in [2.24, 2.45) is 5.73 Å². The molecule has 0 spiro atoms. The maximum atomic E-state index is 12.9. The summed E-state index contributed by atoms with van der Waals surface area (Å²) >= 11 is 0. The zero-order valence-electron chi connectivity index (χ0n) is 17.4. The first-order valence-corrected chi connectivity index (χ1v) is 13.0. The van der Waals surface area contributed by atoms with Gasteiger partial charge in [0.15, 0.2) is 0 Å². The van der Waals surface area contributed by atoms with Crippen molar-refractivity contribution in [2.45, 2.75) is 35.6 Å². The first-order chi connectivity index (χ1) is 15.1. The maximum Gasteiger partial charge on any atom is 0.261 e. The van der Waals surface area contributed by atoms with Gasteiger partial charge in [0.1, 0.15) is 6.07 Å². The fourth-order valence-corrected chi connectivity index (χ4v) is 6.39. The van der Waals surface area contributed by atoms with Crippen molar-refractivity contribution in [1.82, 2.24) is 9.29 Å². The SMILES string of the molecule is Cc1ccc(NS(=O)(=O)c2ccc(S(=O)(=O)N3CCC(N)CC3)cc2)c2[nH]cc(C#N)c12. The average molecular weight is 474 g/mol. The standard InChI is InChI=1S/C21H23N5O4S2/c1-14-2-7-19(21-20(14)15(12-22)13-24-21)25-31(27,28)17-3-5-18(6-4-17)32(29,30)26-10-8-16(23)9-11-26/h2-7,13,16,24-25H,8-11,23H2,1H3. The number of nitrogens with zero attached hydrogens (tertiary/aromatic N) is 2. The molecule has 1 aliphatic rings. The quantitative estimate of drug-likeness (QED) is 0.517. The minimum atomic E-state index is -3.99. The van der Waals surface area contributed by atoms with Gasteiger partial charge in [-0.2, -0.15) is 9.57 Å². The van der Waals surface area contributed by atoms with E-state index in [0.29, 0.717) is 48.1 Å². The molecule has 0 radical (unpaired) electrons. The topological polar surface area (TPSA) is 149 Å². The Balaban J connectivity index is 1.61. The van der Waals surface area contributed by atoms with Crippen LogP contribution in [0.2, 0.25) is 0 Å². The fraction of sp³-hybridized carbons (Fsp3) is 0.286. The van der Waals surface area contributed by atoms with Crippen LogP contribution < -0.4 is 10.5 Å². The van der Waals surface area contributed by atoms with Gasteiger partial charge in [-0.1, -0.05) is 6.07 Å². The predicted molar refractivity (Wildman–Crippen MR) is 121 cm³/mol. The molecule has 4 N–H and O–H groups in total. The van der Waals surface area contributed by atoms with Gasteiger partial charge >= 0.3 is 0 Å². The minimum Gasteiger partial charge on any atom is -0.358 e. The average Bonchev–Trinajstić information content (AvgIpc) is 3.21. The van der Waals surface area contributed by atoms with Gasteiger partial charge in [0.25, 0.3) is 10.0 Å². The van der Waals surface area contributed by atoms with Gasteiger partial charge in [-0.25, -0.2) is 16.8 Å². The third kappa shape index (κ3) is 3.98. The second-order valence-electron chi connectivity index (χ2n) is 7.81. The van der Waals surface area contributed by atoms with Crippen molar-refractivity contribution in [3.8, 4) is 6.07 Å². The minimum absolute atomic E-state index is 0.00260. The van der Waals surface area contributed by atoms with Crippen molar-refractivity contribution < 1.29 is 16.8 Å². The zero-order valence-corrected chi connectivity index (χ0v) is 19.0. The summed E-state index contributed by atoms with van der Waals surface area (Å²) in [4.78, 5) is 2.91. The summed E-state index contributed by atoms with van der Waals surface area (Å²) in [5.74, 6) is 0. The highest BCUT2D eigenvalue weighted by molar-refractivity contribution is 7.92. The van der Waals surface area contributed by atoms with E-state index >= 15 is 0 Å². The second-order valence-corrected chi connectivity index (χ2v) is 11.4. The van der Waals surface area contributed by atoms with E-state index in [1.165, 1.54) is 34.8 Å². The number of H-pyrrole nitrogens is 1. The molecule has 0 amide bonds. The Bertz CT molecular complexity index is 1410. The normalized spacial score (nSPS) is 16.2. The molecule has 3 aromatic rings. The van der Waals surface area contributed by atoms with Crippen LogP contribution in [0.3, 0.4) is 0 Å². The molecule has 32 heavy (non-hydrogen) atoms. The molecule has 1 aliphatic heterocycles. The molecule has 0 bridgehead atoms. The molecule has 0 aliphatic carbocycles. The molecule has 1 aromatic heterocycles. The van der Waals surface area contributed by atoms with E-state index in [2.05, 4.69) is 15.8 Å². The number of hydrogen-bond acceptors (Lipinski definition) is 6. The lowest BCUT2D eigenvalue weighted by molar-refractivity contribution is 0.320. The van der Waals surface area contributed by atoms with E-state index in [-0.39, 0.29) is 15.8 Å². The van der Waals surface area contributed by atoms with Crippen LogP contribution in [-0.2, 0) is 20.0 Å². The maximum absolute atomic E-state index is 12.9.